The number of carboxylic acid groups (broad SMARTS) is 1. The zero-order valence-electron chi connectivity index (χ0n) is 7.23. The number of rotatable bonds is 4. The molecule has 1 saturated heterocycles. The van der Waals surface area contributed by atoms with E-state index in [0.29, 0.717) is 11.8 Å². The van der Waals surface area contributed by atoms with Crippen LogP contribution in [0.3, 0.4) is 0 Å². The Balaban J connectivity index is 2.72. The zero-order valence-corrected chi connectivity index (χ0v) is 8.86. The lowest BCUT2D eigenvalue weighted by Crippen LogP contribution is -2.68. The van der Waals surface area contributed by atoms with Crippen LogP contribution in [-0.2, 0) is 19.9 Å². The van der Waals surface area contributed by atoms with E-state index in [0.717, 1.165) is 0 Å². The number of nitrogens with zero attached hydrogens (tertiary/aromatic N) is 1. The molecule has 1 rings (SSSR count). The number of nitrogens with two attached hydrogens (primary N) is 1. The first-order valence-electron chi connectivity index (χ1n) is 3.65. The molecule has 1 fully saturated rings. The molecule has 1 amide bonds. The van der Waals surface area contributed by atoms with Crippen LogP contribution in [0, 0.1) is 0 Å². The Hall–Kier alpha value is -0.840. The largest absolute Gasteiger partial charge is 0.481 e. The van der Waals surface area contributed by atoms with Gasteiger partial charge in [0.1, 0.15) is 11.4 Å². The molecule has 0 bridgehead atoms. The number of carbonyl (C=O) groups excluding carboxylic acids is 1. The fraction of sp³-hybridized carbons (Fsp3) is 0.600. The summed E-state index contributed by atoms with van der Waals surface area (Å²) in [5.74, 6) is -2.51. The van der Waals surface area contributed by atoms with E-state index in [9.17, 15) is 18.0 Å². The van der Waals surface area contributed by atoms with Crippen LogP contribution in [0.2, 0.25) is 0 Å². The minimum absolute atomic E-state index is 0.172. The fourth-order valence-electron chi connectivity index (χ4n) is 1.03. The predicted octanol–water partition coefficient (Wildman–Crippen LogP) is -1.90. The summed E-state index contributed by atoms with van der Waals surface area (Å²) in [7, 11) is -4.66. The smallest absolute Gasteiger partial charge is 0.363 e. The number of hydrogen-bond acceptors (Lipinski definition) is 6. The van der Waals surface area contributed by atoms with Crippen LogP contribution in [0.5, 0.6) is 0 Å². The van der Waals surface area contributed by atoms with Gasteiger partial charge in [0.2, 0.25) is 0 Å². The number of carboxylic acids is 1. The molecule has 4 N–H and O–H groups in total. The molecule has 1 heterocycles. The highest BCUT2D eigenvalue weighted by molar-refractivity contribution is 8.01. The molecule has 10 heteroatoms. The number of thioether (sulfide) groups is 1. The molecule has 86 valence electrons. The van der Waals surface area contributed by atoms with Crippen LogP contribution in [-0.4, -0.2) is 51.4 Å². The van der Waals surface area contributed by atoms with E-state index in [1.807, 2.05) is 0 Å². The zero-order chi connectivity index (χ0) is 11.8. The lowest BCUT2D eigenvalue weighted by atomic mass is 10.2. The van der Waals surface area contributed by atoms with Crippen LogP contribution < -0.4 is 5.73 Å². The van der Waals surface area contributed by atoms with Crippen LogP contribution >= 0.6 is 11.8 Å². The Bertz CT molecular complexity index is 392. The van der Waals surface area contributed by atoms with Gasteiger partial charge in [-0.1, -0.05) is 0 Å². The Kier molecular flexibility index (Phi) is 3.23. The van der Waals surface area contributed by atoms with Crippen LogP contribution in [0.1, 0.15) is 0 Å². The molecule has 0 spiro atoms. The minimum Gasteiger partial charge on any atom is -0.481 e. The predicted molar refractivity (Wildman–Crippen MR) is 50.3 cm³/mol. The maximum absolute atomic E-state index is 11.0. The second-order valence-corrected chi connectivity index (χ2v) is 5.13. The monoisotopic (exact) mass is 256 g/mol. The van der Waals surface area contributed by atoms with Crippen molar-refractivity contribution in [1.82, 2.24) is 4.31 Å². The van der Waals surface area contributed by atoms with Gasteiger partial charge in [0.15, 0.2) is 0 Å². The maximum atomic E-state index is 11.0. The molecule has 0 aromatic rings. The fourth-order valence-corrected chi connectivity index (χ4v) is 3.16. The van der Waals surface area contributed by atoms with Gasteiger partial charge in [0.25, 0.3) is 5.91 Å². The Morgan fingerprint density at radius 2 is 2.13 bits per heavy atom. The van der Waals surface area contributed by atoms with Crippen LogP contribution in [0.4, 0.5) is 0 Å². The van der Waals surface area contributed by atoms with Gasteiger partial charge in [-0.2, -0.15) is 12.7 Å². The molecule has 0 aromatic carbocycles. The van der Waals surface area contributed by atoms with Crippen molar-refractivity contribution in [2.45, 2.75) is 11.4 Å². The van der Waals surface area contributed by atoms with Crippen molar-refractivity contribution < 1.29 is 27.7 Å². The van der Waals surface area contributed by atoms with Crippen molar-refractivity contribution in [2.24, 2.45) is 5.73 Å². The van der Waals surface area contributed by atoms with Crippen molar-refractivity contribution in [3.8, 4) is 0 Å². The number of aliphatic carboxylic acids is 1. The van der Waals surface area contributed by atoms with Gasteiger partial charge in [-0.15, -0.1) is 11.8 Å². The summed E-state index contributed by atoms with van der Waals surface area (Å²) in [6.07, 6.45) is 0. The first kappa shape index (κ1) is 12.2. The number of amides is 1. The van der Waals surface area contributed by atoms with Gasteiger partial charge in [0.05, 0.1) is 5.75 Å². The van der Waals surface area contributed by atoms with Gasteiger partial charge in [-0.25, -0.2) is 0 Å². The summed E-state index contributed by atoms with van der Waals surface area (Å²) in [5.41, 5.74) is 5.26. The molecule has 0 aliphatic carbocycles. The van der Waals surface area contributed by atoms with E-state index in [-0.39, 0.29) is 4.31 Å². The molecule has 15 heavy (non-hydrogen) atoms. The Labute approximate surface area is 89.3 Å². The molecule has 0 aromatic heterocycles. The number of hydrogen-bond donors (Lipinski definition) is 3. The standard InChI is InChI=1S/C5H8N2O6S2/c6-3-4(10)7(15(11,12)13)5(3)14-1-2(8)9/h3,5H,1,6H2,(H,8,9)(H,11,12,13)/t3-,5+/m0/s1. The third kappa shape index (κ3) is 2.40. The normalized spacial score (nSPS) is 26.3. The molecule has 0 saturated carbocycles. The average Bonchev–Trinajstić information content (AvgIpc) is 2.07. The summed E-state index contributed by atoms with van der Waals surface area (Å²) < 4.78 is 30.1. The second kappa shape index (κ2) is 3.96. The molecule has 0 unspecified atom stereocenters. The van der Waals surface area contributed by atoms with E-state index in [2.05, 4.69) is 0 Å². The van der Waals surface area contributed by atoms with E-state index in [1.165, 1.54) is 0 Å². The minimum atomic E-state index is -4.66. The lowest BCUT2D eigenvalue weighted by molar-refractivity contribution is -0.137. The quantitative estimate of drug-likeness (QED) is 0.391. The average molecular weight is 256 g/mol. The number of β-lactam (4-membered cyclic amide) rings is 1. The molecule has 0 radical (unpaired) electrons. The molecule has 1 aliphatic rings. The molecular weight excluding hydrogens is 248 g/mol. The van der Waals surface area contributed by atoms with Crippen LogP contribution in [0.15, 0.2) is 0 Å². The van der Waals surface area contributed by atoms with Crippen molar-refractivity contribution in [3.05, 3.63) is 0 Å². The van der Waals surface area contributed by atoms with Gasteiger partial charge < -0.3 is 10.8 Å². The topological polar surface area (TPSA) is 138 Å². The Morgan fingerprint density at radius 1 is 1.60 bits per heavy atom. The summed E-state index contributed by atoms with van der Waals surface area (Å²) in [6, 6.07) is -1.10. The molecule has 8 nitrogen and oxygen atoms in total. The number of carbonyl (C=O) groups is 2. The van der Waals surface area contributed by atoms with Gasteiger partial charge in [0, 0.05) is 0 Å². The summed E-state index contributed by atoms with van der Waals surface area (Å²) >= 11 is 0.660. The third-order valence-corrected chi connectivity index (χ3v) is 3.96. The van der Waals surface area contributed by atoms with Crippen molar-refractivity contribution in [2.75, 3.05) is 5.75 Å². The maximum Gasteiger partial charge on any atom is 0.363 e. The summed E-state index contributed by atoms with van der Waals surface area (Å²) in [4.78, 5) is 21.2. The highest BCUT2D eigenvalue weighted by Gasteiger charge is 2.51. The summed E-state index contributed by atoms with van der Waals surface area (Å²) in [6.45, 7) is 0. The van der Waals surface area contributed by atoms with E-state index in [1.54, 1.807) is 0 Å². The van der Waals surface area contributed by atoms with E-state index < -0.39 is 39.3 Å². The second-order valence-electron chi connectivity index (χ2n) is 2.73. The van der Waals surface area contributed by atoms with E-state index in [4.69, 9.17) is 15.4 Å². The van der Waals surface area contributed by atoms with Crippen LogP contribution in [0.25, 0.3) is 0 Å². The van der Waals surface area contributed by atoms with Gasteiger partial charge in [-0.3, -0.25) is 14.1 Å². The highest BCUT2D eigenvalue weighted by Crippen LogP contribution is 2.30. The SMILES string of the molecule is N[C@H]1C(=O)N(S(=O)(=O)O)[C@@H]1SCC(=O)O. The third-order valence-electron chi connectivity index (χ3n) is 1.67. The van der Waals surface area contributed by atoms with Gasteiger partial charge in [-0.05, 0) is 0 Å². The molecule has 1 aliphatic heterocycles. The first-order valence-corrected chi connectivity index (χ1v) is 6.09. The van der Waals surface area contributed by atoms with Crippen molar-refractivity contribution >= 4 is 33.9 Å². The van der Waals surface area contributed by atoms with Gasteiger partial charge >= 0.3 is 16.3 Å². The van der Waals surface area contributed by atoms with E-state index >= 15 is 0 Å². The molecule has 2 atom stereocenters. The first-order chi connectivity index (χ1) is 6.75. The summed E-state index contributed by atoms with van der Waals surface area (Å²) in [5, 5.41) is 7.29. The van der Waals surface area contributed by atoms with Crippen molar-refractivity contribution in [3.63, 3.8) is 0 Å². The van der Waals surface area contributed by atoms with Crippen molar-refractivity contribution in [1.29, 1.82) is 0 Å². The molecular formula is C5H8N2O6S2. The lowest BCUT2D eigenvalue weighted by Gasteiger charge is -2.41. The highest BCUT2D eigenvalue weighted by atomic mass is 32.2. The Morgan fingerprint density at radius 3 is 2.53 bits per heavy atom.